The maximum Gasteiger partial charge on any atom is 0.411 e. The molecule has 5 nitrogen and oxygen atoms in total. The van der Waals surface area contributed by atoms with E-state index in [9.17, 15) is 9.59 Å². The Morgan fingerprint density at radius 2 is 1.71 bits per heavy atom. The van der Waals surface area contributed by atoms with Crippen molar-refractivity contribution >= 4 is 17.7 Å². The third-order valence-electron chi connectivity index (χ3n) is 3.70. The van der Waals surface area contributed by atoms with Crippen LogP contribution in [0.2, 0.25) is 0 Å². The zero-order valence-electron chi connectivity index (χ0n) is 13.6. The van der Waals surface area contributed by atoms with E-state index in [-0.39, 0.29) is 12.5 Å². The van der Waals surface area contributed by atoms with Crippen molar-refractivity contribution in [1.82, 2.24) is 0 Å². The summed E-state index contributed by atoms with van der Waals surface area (Å²) < 4.78 is 5.15. The quantitative estimate of drug-likeness (QED) is 0.803. The summed E-state index contributed by atoms with van der Waals surface area (Å²) in [6.45, 7) is 1.92. The molecule has 0 aliphatic carbocycles. The average Bonchev–Trinajstić information content (AvgIpc) is 2.60. The summed E-state index contributed by atoms with van der Waals surface area (Å²) in [5, 5.41) is 11.5. The average molecular weight is 327 g/mol. The van der Waals surface area contributed by atoms with Gasteiger partial charge in [0.05, 0.1) is 5.92 Å². The molecule has 2 rings (SSSR count). The Morgan fingerprint density at radius 3 is 2.33 bits per heavy atom. The van der Waals surface area contributed by atoms with Crippen LogP contribution in [0.3, 0.4) is 0 Å². The molecule has 0 saturated heterocycles. The number of hydrogen-bond acceptors (Lipinski definition) is 3. The van der Waals surface area contributed by atoms with Crippen LogP contribution in [0, 0.1) is 5.92 Å². The van der Waals surface area contributed by atoms with Gasteiger partial charge in [-0.05, 0) is 36.1 Å². The summed E-state index contributed by atoms with van der Waals surface area (Å²) in [5.74, 6) is -1.15. The molecule has 0 radical (unpaired) electrons. The van der Waals surface area contributed by atoms with Crippen LogP contribution < -0.4 is 5.32 Å². The van der Waals surface area contributed by atoms with Gasteiger partial charge in [-0.2, -0.15) is 0 Å². The number of carbonyl (C=O) groups is 2. The topological polar surface area (TPSA) is 75.6 Å². The van der Waals surface area contributed by atoms with Crippen LogP contribution in [0.25, 0.3) is 0 Å². The predicted octanol–water partition coefficient (Wildman–Crippen LogP) is 4.09. The smallest absolute Gasteiger partial charge is 0.411 e. The normalized spacial score (nSPS) is 11.5. The van der Waals surface area contributed by atoms with E-state index in [1.807, 2.05) is 42.5 Å². The second-order valence-corrected chi connectivity index (χ2v) is 5.66. The number of carbonyl (C=O) groups excluding carboxylic acids is 1. The molecule has 5 heteroatoms. The number of carboxylic acid groups (broad SMARTS) is 1. The van der Waals surface area contributed by atoms with Crippen molar-refractivity contribution in [2.45, 2.75) is 26.4 Å². The molecule has 0 aliphatic heterocycles. The van der Waals surface area contributed by atoms with E-state index in [0.717, 1.165) is 11.1 Å². The Morgan fingerprint density at radius 1 is 1.04 bits per heavy atom. The minimum absolute atomic E-state index is 0.220. The number of hydrogen-bond donors (Lipinski definition) is 2. The summed E-state index contributed by atoms with van der Waals surface area (Å²) in [5.41, 5.74) is 2.60. The highest BCUT2D eigenvalue weighted by Crippen LogP contribution is 2.14. The number of aryl methyl sites for hydroxylation is 1. The van der Waals surface area contributed by atoms with Crippen molar-refractivity contribution in [3.63, 3.8) is 0 Å². The Bertz CT molecular complexity index is 668. The molecule has 0 spiro atoms. The molecule has 1 amide bonds. The SMILES string of the molecule is CC(CCc1ccc(NC(=O)OCc2ccccc2)cc1)C(=O)O. The van der Waals surface area contributed by atoms with Gasteiger partial charge in [0.15, 0.2) is 0 Å². The van der Waals surface area contributed by atoms with Crippen molar-refractivity contribution in [3.05, 3.63) is 65.7 Å². The number of aliphatic carboxylic acids is 1. The van der Waals surface area contributed by atoms with E-state index in [4.69, 9.17) is 9.84 Å². The lowest BCUT2D eigenvalue weighted by Crippen LogP contribution is -2.13. The number of anilines is 1. The van der Waals surface area contributed by atoms with Crippen molar-refractivity contribution in [2.75, 3.05) is 5.32 Å². The number of benzene rings is 2. The molecule has 0 heterocycles. The molecule has 0 fully saturated rings. The van der Waals surface area contributed by atoms with E-state index in [0.29, 0.717) is 18.5 Å². The summed E-state index contributed by atoms with van der Waals surface area (Å²) in [4.78, 5) is 22.6. The summed E-state index contributed by atoms with van der Waals surface area (Å²) in [6, 6.07) is 16.8. The van der Waals surface area contributed by atoms with E-state index >= 15 is 0 Å². The summed E-state index contributed by atoms with van der Waals surface area (Å²) in [6.07, 6.45) is 0.763. The number of rotatable bonds is 7. The largest absolute Gasteiger partial charge is 0.481 e. The molecule has 0 bridgehead atoms. The minimum atomic E-state index is -0.783. The molecule has 24 heavy (non-hydrogen) atoms. The molecule has 1 unspecified atom stereocenters. The van der Waals surface area contributed by atoms with Crippen LogP contribution in [0.4, 0.5) is 10.5 Å². The van der Waals surface area contributed by atoms with Crippen LogP contribution in [-0.4, -0.2) is 17.2 Å². The van der Waals surface area contributed by atoms with E-state index in [1.54, 1.807) is 19.1 Å². The van der Waals surface area contributed by atoms with Gasteiger partial charge in [0.2, 0.25) is 0 Å². The lowest BCUT2D eigenvalue weighted by Gasteiger charge is -2.09. The number of ether oxygens (including phenoxy) is 1. The first-order valence-corrected chi connectivity index (χ1v) is 7.84. The highest BCUT2D eigenvalue weighted by atomic mass is 16.5. The second-order valence-electron chi connectivity index (χ2n) is 5.66. The van der Waals surface area contributed by atoms with E-state index < -0.39 is 12.1 Å². The Kier molecular flexibility index (Phi) is 6.37. The highest BCUT2D eigenvalue weighted by molar-refractivity contribution is 5.84. The van der Waals surface area contributed by atoms with Crippen molar-refractivity contribution in [3.8, 4) is 0 Å². The monoisotopic (exact) mass is 327 g/mol. The number of carboxylic acids is 1. The third-order valence-corrected chi connectivity index (χ3v) is 3.70. The van der Waals surface area contributed by atoms with Crippen LogP contribution >= 0.6 is 0 Å². The summed E-state index contributed by atoms with van der Waals surface area (Å²) in [7, 11) is 0. The standard InChI is InChI=1S/C19H21NO4/c1-14(18(21)22)7-8-15-9-11-17(12-10-15)20-19(23)24-13-16-5-3-2-4-6-16/h2-6,9-12,14H,7-8,13H2,1H3,(H,20,23)(H,21,22). The van der Waals surface area contributed by atoms with Crippen LogP contribution in [0.5, 0.6) is 0 Å². The van der Waals surface area contributed by atoms with Gasteiger partial charge >= 0.3 is 12.1 Å². The molecule has 1 atom stereocenters. The van der Waals surface area contributed by atoms with Gasteiger partial charge in [-0.25, -0.2) is 4.79 Å². The van der Waals surface area contributed by atoms with Crippen LogP contribution in [-0.2, 0) is 22.6 Å². The fourth-order valence-corrected chi connectivity index (χ4v) is 2.14. The number of nitrogens with one attached hydrogen (secondary N) is 1. The molecular weight excluding hydrogens is 306 g/mol. The molecule has 0 aromatic heterocycles. The van der Waals surface area contributed by atoms with Gasteiger partial charge in [-0.15, -0.1) is 0 Å². The Labute approximate surface area is 141 Å². The van der Waals surface area contributed by atoms with Crippen LogP contribution in [0.15, 0.2) is 54.6 Å². The van der Waals surface area contributed by atoms with Gasteiger partial charge < -0.3 is 9.84 Å². The highest BCUT2D eigenvalue weighted by Gasteiger charge is 2.10. The molecule has 2 N–H and O–H groups in total. The van der Waals surface area contributed by atoms with Crippen molar-refractivity contribution in [1.29, 1.82) is 0 Å². The molecular formula is C19H21NO4. The lowest BCUT2D eigenvalue weighted by atomic mass is 10.0. The fourth-order valence-electron chi connectivity index (χ4n) is 2.14. The van der Waals surface area contributed by atoms with Gasteiger partial charge in [0.1, 0.15) is 6.61 Å². The molecule has 2 aromatic carbocycles. The first kappa shape index (κ1) is 17.5. The first-order chi connectivity index (χ1) is 11.5. The molecule has 0 saturated carbocycles. The predicted molar refractivity (Wildman–Crippen MR) is 91.8 cm³/mol. The molecule has 0 aliphatic rings. The van der Waals surface area contributed by atoms with Crippen molar-refractivity contribution < 1.29 is 19.4 Å². The number of amides is 1. The molecule has 2 aromatic rings. The fraction of sp³-hybridized carbons (Fsp3) is 0.263. The zero-order valence-corrected chi connectivity index (χ0v) is 13.6. The minimum Gasteiger partial charge on any atom is -0.481 e. The first-order valence-electron chi connectivity index (χ1n) is 7.84. The Balaban J connectivity index is 1.78. The lowest BCUT2D eigenvalue weighted by molar-refractivity contribution is -0.141. The van der Waals surface area contributed by atoms with E-state index in [1.165, 1.54) is 0 Å². The van der Waals surface area contributed by atoms with Crippen molar-refractivity contribution in [2.24, 2.45) is 5.92 Å². The van der Waals surface area contributed by atoms with Gasteiger partial charge in [0.25, 0.3) is 0 Å². The third kappa shape index (κ3) is 5.76. The zero-order chi connectivity index (χ0) is 17.4. The maximum atomic E-state index is 11.8. The van der Waals surface area contributed by atoms with E-state index in [2.05, 4.69) is 5.32 Å². The van der Waals surface area contributed by atoms with Gasteiger partial charge in [-0.3, -0.25) is 10.1 Å². The van der Waals surface area contributed by atoms with Gasteiger partial charge in [-0.1, -0.05) is 49.4 Å². The van der Waals surface area contributed by atoms with Gasteiger partial charge in [0, 0.05) is 5.69 Å². The maximum absolute atomic E-state index is 11.8. The summed E-state index contributed by atoms with van der Waals surface area (Å²) >= 11 is 0. The van der Waals surface area contributed by atoms with Crippen LogP contribution in [0.1, 0.15) is 24.5 Å². The second kappa shape index (κ2) is 8.72. The molecule has 126 valence electrons. The Hall–Kier alpha value is -2.82.